The van der Waals surface area contributed by atoms with E-state index in [1.807, 2.05) is 19.9 Å². The largest absolute Gasteiger partial charge is 0.495 e. The molecule has 1 aromatic rings. The van der Waals surface area contributed by atoms with Gasteiger partial charge in [0.2, 0.25) is 5.91 Å². The smallest absolute Gasteiger partial charge is 0.325 e. The van der Waals surface area contributed by atoms with Crippen molar-refractivity contribution in [3.05, 3.63) is 23.8 Å². The van der Waals surface area contributed by atoms with Crippen LogP contribution in [0, 0.1) is 12.8 Å². The molecule has 0 bridgehead atoms. The number of hydrogen-bond donors (Lipinski definition) is 2. The van der Waals surface area contributed by atoms with E-state index in [-0.39, 0.29) is 18.4 Å². The van der Waals surface area contributed by atoms with Gasteiger partial charge in [0, 0.05) is 0 Å². The summed E-state index contributed by atoms with van der Waals surface area (Å²) in [7, 11) is 1.52. The molecular weight excluding hydrogens is 334 g/mol. The van der Waals surface area contributed by atoms with Crippen LogP contribution in [0.15, 0.2) is 18.2 Å². The van der Waals surface area contributed by atoms with Crippen LogP contribution in [0.1, 0.15) is 38.2 Å². The van der Waals surface area contributed by atoms with Gasteiger partial charge >= 0.3 is 6.03 Å². The molecule has 2 N–H and O–H groups in total. The van der Waals surface area contributed by atoms with Crippen LogP contribution in [0.25, 0.3) is 0 Å². The van der Waals surface area contributed by atoms with E-state index >= 15 is 0 Å². The molecule has 2 atom stereocenters. The van der Waals surface area contributed by atoms with Crippen molar-refractivity contribution in [1.82, 2.24) is 10.2 Å². The molecule has 0 radical (unpaired) electrons. The summed E-state index contributed by atoms with van der Waals surface area (Å²) in [5.41, 5.74) is 0.632. The van der Waals surface area contributed by atoms with Gasteiger partial charge in [-0.05, 0) is 43.4 Å². The first-order valence-electron chi connectivity index (χ1n) is 8.96. The number of hydrogen-bond acceptors (Lipinski definition) is 4. The van der Waals surface area contributed by atoms with Crippen molar-refractivity contribution < 1.29 is 19.1 Å². The lowest BCUT2D eigenvalue weighted by Crippen LogP contribution is -2.54. The molecule has 140 valence electrons. The van der Waals surface area contributed by atoms with Crippen molar-refractivity contribution in [2.24, 2.45) is 5.92 Å². The van der Waals surface area contributed by atoms with E-state index in [1.54, 1.807) is 12.1 Å². The second-order valence-electron chi connectivity index (χ2n) is 7.19. The first-order chi connectivity index (χ1) is 12.4. The van der Waals surface area contributed by atoms with Gasteiger partial charge in [-0.25, -0.2) is 4.79 Å². The molecule has 1 heterocycles. The fourth-order valence-electron chi connectivity index (χ4n) is 3.89. The third kappa shape index (κ3) is 3.13. The summed E-state index contributed by atoms with van der Waals surface area (Å²) < 4.78 is 5.24. The zero-order valence-corrected chi connectivity index (χ0v) is 15.4. The maximum absolute atomic E-state index is 12.9. The summed E-state index contributed by atoms with van der Waals surface area (Å²) in [6.45, 7) is 3.58. The van der Waals surface area contributed by atoms with Crippen molar-refractivity contribution in [2.45, 2.75) is 45.1 Å². The molecule has 1 saturated heterocycles. The average Bonchev–Trinajstić information content (AvgIpc) is 2.83. The number of anilines is 1. The fourth-order valence-corrected chi connectivity index (χ4v) is 3.89. The van der Waals surface area contributed by atoms with Crippen LogP contribution in [0.2, 0.25) is 0 Å². The highest BCUT2D eigenvalue weighted by Crippen LogP contribution is 2.38. The van der Waals surface area contributed by atoms with E-state index in [0.29, 0.717) is 17.9 Å². The molecule has 7 nitrogen and oxygen atoms in total. The summed E-state index contributed by atoms with van der Waals surface area (Å²) in [5.74, 6) is -0.130. The van der Waals surface area contributed by atoms with Gasteiger partial charge in [-0.15, -0.1) is 0 Å². The molecular formula is C19H25N3O4. The predicted octanol–water partition coefficient (Wildman–Crippen LogP) is 2.44. The molecule has 4 amide bonds. The van der Waals surface area contributed by atoms with E-state index in [9.17, 15) is 14.4 Å². The molecule has 0 aromatic heterocycles. The van der Waals surface area contributed by atoms with Crippen LogP contribution < -0.4 is 15.4 Å². The van der Waals surface area contributed by atoms with Crippen LogP contribution in [0.4, 0.5) is 10.5 Å². The molecule has 2 unspecified atom stereocenters. The number of rotatable bonds is 4. The van der Waals surface area contributed by atoms with Gasteiger partial charge in [0.25, 0.3) is 5.91 Å². The Labute approximate surface area is 153 Å². The molecule has 1 spiro atoms. The minimum Gasteiger partial charge on any atom is -0.495 e. The normalized spacial score (nSPS) is 25.3. The summed E-state index contributed by atoms with van der Waals surface area (Å²) in [6.07, 6.45) is 3.48. The number of carbonyl (C=O) groups excluding carboxylic acids is 3. The number of nitrogens with one attached hydrogen (secondary N) is 2. The number of urea groups is 1. The van der Waals surface area contributed by atoms with Gasteiger partial charge in [-0.1, -0.05) is 25.8 Å². The van der Waals surface area contributed by atoms with Gasteiger partial charge in [0.1, 0.15) is 17.8 Å². The molecule has 1 aliphatic heterocycles. The summed E-state index contributed by atoms with van der Waals surface area (Å²) in [6, 6.07) is 4.93. The number of carbonyl (C=O) groups is 3. The van der Waals surface area contributed by atoms with Crippen LogP contribution in [-0.4, -0.2) is 41.9 Å². The van der Waals surface area contributed by atoms with Gasteiger partial charge in [-0.2, -0.15) is 0 Å². The van der Waals surface area contributed by atoms with Gasteiger partial charge in [0.05, 0.1) is 12.8 Å². The molecule has 1 saturated carbocycles. The monoisotopic (exact) mass is 359 g/mol. The Bertz CT molecular complexity index is 748. The predicted molar refractivity (Wildman–Crippen MR) is 97.0 cm³/mol. The molecule has 26 heavy (non-hydrogen) atoms. The first kappa shape index (κ1) is 18.2. The Morgan fingerprint density at radius 3 is 2.85 bits per heavy atom. The highest BCUT2D eigenvalue weighted by atomic mass is 16.5. The van der Waals surface area contributed by atoms with Crippen molar-refractivity contribution in [1.29, 1.82) is 0 Å². The zero-order chi connectivity index (χ0) is 18.9. The summed E-state index contributed by atoms with van der Waals surface area (Å²) in [5, 5.41) is 5.59. The fraction of sp³-hybridized carbons (Fsp3) is 0.526. The van der Waals surface area contributed by atoms with E-state index in [2.05, 4.69) is 10.6 Å². The number of benzene rings is 1. The number of methoxy groups -OCH3 is 1. The average molecular weight is 359 g/mol. The number of amides is 4. The summed E-state index contributed by atoms with van der Waals surface area (Å²) >= 11 is 0. The Kier molecular flexibility index (Phi) is 4.89. The lowest BCUT2D eigenvalue weighted by molar-refractivity contribution is -0.136. The minimum absolute atomic E-state index is 0.0672. The molecule has 1 aromatic carbocycles. The van der Waals surface area contributed by atoms with Crippen molar-refractivity contribution >= 4 is 23.5 Å². The van der Waals surface area contributed by atoms with Crippen LogP contribution in [-0.2, 0) is 9.59 Å². The van der Waals surface area contributed by atoms with Crippen molar-refractivity contribution in [3.8, 4) is 5.75 Å². The maximum atomic E-state index is 12.9. The molecule has 1 aliphatic carbocycles. The number of aryl methyl sites for hydroxylation is 1. The SMILES string of the molecule is COc1ccc(C)cc1NC(=O)CN1C(=O)NC2(CCCCC2C)C1=O. The number of imide groups is 1. The van der Waals surface area contributed by atoms with E-state index in [0.717, 1.165) is 29.7 Å². The van der Waals surface area contributed by atoms with Gasteiger partial charge in [0.15, 0.2) is 0 Å². The Balaban J connectivity index is 1.73. The third-order valence-electron chi connectivity index (χ3n) is 5.43. The highest BCUT2D eigenvalue weighted by Gasteiger charge is 2.55. The lowest BCUT2D eigenvalue weighted by Gasteiger charge is -2.36. The van der Waals surface area contributed by atoms with E-state index < -0.39 is 17.5 Å². The Morgan fingerprint density at radius 2 is 2.15 bits per heavy atom. The standard InChI is InChI=1S/C19H25N3O4/c1-12-7-8-15(26-3)14(10-12)20-16(23)11-22-17(24)19(21-18(22)25)9-5-4-6-13(19)2/h7-8,10,13H,4-6,9,11H2,1-3H3,(H,20,23)(H,21,25). The second kappa shape index (κ2) is 6.97. The van der Waals surface area contributed by atoms with Crippen LogP contribution in [0.3, 0.4) is 0 Å². The molecule has 2 fully saturated rings. The van der Waals surface area contributed by atoms with Crippen LogP contribution in [0.5, 0.6) is 5.75 Å². The maximum Gasteiger partial charge on any atom is 0.325 e. The van der Waals surface area contributed by atoms with Gasteiger partial charge in [-0.3, -0.25) is 14.5 Å². The topological polar surface area (TPSA) is 87.7 Å². The highest BCUT2D eigenvalue weighted by molar-refractivity contribution is 6.10. The van der Waals surface area contributed by atoms with E-state index in [1.165, 1.54) is 7.11 Å². The zero-order valence-electron chi connectivity index (χ0n) is 15.4. The van der Waals surface area contributed by atoms with Crippen molar-refractivity contribution in [3.63, 3.8) is 0 Å². The lowest BCUT2D eigenvalue weighted by atomic mass is 9.73. The van der Waals surface area contributed by atoms with E-state index in [4.69, 9.17) is 4.74 Å². The Morgan fingerprint density at radius 1 is 1.38 bits per heavy atom. The summed E-state index contributed by atoms with van der Waals surface area (Å²) in [4.78, 5) is 38.7. The second-order valence-corrected chi connectivity index (χ2v) is 7.19. The third-order valence-corrected chi connectivity index (χ3v) is 5.43. The molecule has 2 aliphatic rings. The van der Waals surface area contributed by atoms with Crippen LogP contribution >= 0.6 is 0 Å². The number of ether oxygens (including phenoxy) is 1. The minimum atomic E-state index is -0.851. The Hall–Kier alpha value is -2.57. The van der Waals surface area contributed by atoms with Gasteiger partial charge < -0.3 is 15.4 Å². The quantitative estimate of drug-likeness (QED) is 0.809. The van der Waals surface area contributed by atoms with Crippen molar-refractivity contribution in [2.75, 3.05) is 19.0 Å². The first-order valence-corrected chi connectivity index (χ1v) is 8.96. The number of nitrogens with zero attached hydrogens (tertiary/aromatic N) is 1. The molecule has 3 rings (SSSR count). The molecule has 7 heteroatoms.